The molecule has 0 aliphatic carbocycles. The molecular formula is C21H16N4O5. The number of nitrogens with zero attached hydrogens (tertiary/aromatic N) is 3. The molecule has 0 aliphatic heterocycles. The minimum atomic E-state index is -0.596. The zero-order chi connectivity index (χ0) is 21.1. The van der Waals surface area contributed by atoms with Crippen LogP contribution in [0, 0.1) is 10.1 Å². The molecule has 150 valence electrons. The second-order valence-corrected chi connectivity index (χ2v) is 6.27. The molecule has 1 N–H and O–H groups in total. The third-order valence-corrected chi connectivity index (χ3v) is 4.41. The molecule has 30 heavy (non-hydrogen) atoms. The molecule has 0 bridgehead atoms. The van der Waals surface area contributed by atoms with Crippen LogP contribution in [0.1, 0.15) is 10.4 Å². The fourth-order valence-corrected chi connectivity index (χ4v) is 2.95. The summed E-state index contributed by atoms with van der Waals surface area (Å²) >= 11 is 0. The SMILES string of the molecule is COc1ccc(C(=O)Nc2cc(-c3ccoc3)nn2-c2ccccc2)cc1[N+](=O)[O-]. The van der Waals surface area contributed by atoms with Crippen LogP contribution in [0.3, 0.4) is 0 Å². The summed E-state index contributed by atoms with van der Waals surface area (Å²) in [4.78, 5) is 23.5. The summed E-state index contributed by atoms with van der Waals surface area (Å²) < 4.78 is 11.7. The number of benzene rings is 2. The first-order valence-corrected chi connectivity index (χ1v) is 8.88. The molecule has 0 fully saturated rings. The van der Waals surface area contributed by atoms with Crippen LogP contribution in [0.4, 0.5) is 11.5 Å². The standard InChI is InChI=1S/C21H16N4O5/c1-29-19-8-7-14(11-18(19)25(27)28)21(26)22-20-12-17(15-9-10-30-13-15)23-24(20)16-5-3-2-4-6-16/h2-13H,1H3,(H,22,26). The number of para-hydroxylation sites is 1. The quantitative estimate of drug-likeness (QED) is 0.379. The maximum atomic E-state index is 12.8. The number of aromatic nitrogens is 2. The molecular weight excluding hydrogens is 388 g/mol. The average molecular weight is 404 g/mol. The van der Waals surface area contributed by atoms with Crippen molar-refractivity contribution < 1.29 is 18.9 Å². The molecule has 0 aliphatic rings. The van der Waals surface area contributed by atoms with Crippen molar-refractivity contribution in [1.82, 2.24) is 9.78 Å². The van der Waals surface area contributed by atoms with Crippen molar-refractivity contribution in [3.63, 3.8) is 0 Å². The number of carbonyl (C=O) groups is 1. The van der Waals surface area contributed by atoms with E-state index in [1.807, 2.05) is 30.3 Å². The van der Waals surface area contributed by atoms with Gasteiger partial charge in [0.15, 0.2) is 5.75 Å². The Labute approximate surface area is 170 Å². The van der Waals surface area contributed by atoms with E-state index in [0.717, 1.165) is 11.3 Å². The summed E-state index contributed by atoms with van der Waals surface area (Å²) in [7, 11) is 1.33. The lowest BCUT2D eigenvalue weighted by atomic mass is 10.1. The monoisotopic (exact) mass is 404 g/mol. The predicted octanol–water partition coefficient (Wildman–Crippen LogP) is 4.30. The summed E-state index contributed by atoms with van der Waals surface area (Å²) in [5.74, 6) is -0.0365. The van der Waals surface area contributed by atoms with Gasteiger partial charge in [0.05, 0.1) is 35.9 Å². The van der Waals surface area contributed by atoms with Crippen LogP contribution in [0.25, 0.3) is 16.9 Å². The maximum absolute atomic E-state index is 12.8. The Balaban J connectivity index is 1.71. The van der Waals surface area contributed by atoms with E-state index >= 15 is 0 Å². The van der Waals surface area contributed by atoms with E-state index in [4.69, 9.17) is 9.15 Å². The van der Waals surface area contributed by atoms with Gasteiger partial charge in [0.2, 0.25) is 0 Å². The number of rotatable bonds is 6. The zero-order valence-corrected chi connectivity index (χ0v) is 15.8. The van der Waals surface area contributed by atoms with Crippen LogP contribution in [0.5, 0.6) is 5.75 Å². The summed E-state index contributed by atoms with van der Waals surface area (Å²) in [5.41, 5.74) is 1.92. The van der Waals surface area contributed by atoms with E-state index in [-0.39, 0.29) is 17.0 Å². The normalized spacial score (nSPS) is 10.6. The number of nitro groups is 1. The molecule has 0 saturated heterocycles. The smallest absolute Gasteiger partial charge is 0.311 e. The number of anilines is 1. The Morgan fingerprint density at radius 3 is 2.63 bits per heavy atom. The van der Waals surface area contributed by atoms with Crippen molar-refractivity contribution in [2.45, 2.75) is 0 Å². The molecule has 0 saturated carbocycles. The summed E-state index contributed by atoms with van der Waals surface area (Å²) in [6.07, 6.45) is 3.09. The van der Waals surface area contributed by atoms with Crippen LogP contribution in [0.15, 0.2) is 77.6 Å². The van der Waals surface area contributed by atoms with Crippen molar-refractivity contribution in [2.75, 3.05) is 12.4 Å². The highest BCUT2D eigenvalue weighted by Gasteiger charge is 2.20. The van der Waals surface area contributed by atoms with Crippen molar-refractivity contribution in [3.05, 3.63) is 88.9 Å². The summed E-state index contributed by atoms with van der Waals surface area (Å²) in [5, 5.41) is 18.6. The molecule has 2 aromatic carbocycles. The van der Waals surface area contributed by atoms with Gasteiger partial charge in [0, 0.05) is 23.3 Å². The second kappa shape index (κ2) is 7.92. The molecule has 0 radical (unpaired) electrons. The Bertz CT molecular complexity index is 1200. The predicted molar refractivity (Wildman–Crippen MR) is 109 cm³/mol. The zero-order valence-electron chi connectivity index (χ0n) is 15.8. The summed E-state index contributed by atoms with van der Waals surface area (Å²) in [6.45, 7) is 0. The van der Waals surface area contributed by atoms with Crippen LogP contribution in [-0.4, -0.2) is 27.7 Å². The van der Waals surface area contributed by atoms with Gasteiger partial charge in [-0.2, -0.15) is 5.10 Å². The number of hydrogen-bond acceptors (Lipinski definition) is 6. The molecule has 0 spiro atoms. The number of nitro benzene ring substituents is 1. The molecule has 0 unspecified atom stereocenters. The Kier molecular flexibility index (Phi) is 5.00. The van der Waals surface area contributed by atoms with Gasteiger partial charge in [-0.25, -0.2) is 4.68 Å². The van der Waals surface area contributed by atoms with Crippen LogP contribution < -0.4 is 10.1 Å². The first kappa shape index (κ1) is 18.9. The van der Waals surface area contributed by atoms with Gasteiger partial charge in [-0.15, -0.1) is 0 Å². The number of hydrogen-bond donors (Lipinski definition) is 1. The maximum Gasteiger partial charge on any atom is 0.311 e. The van der Waals surface area contributed by atoms with E-state index in [1.54, 1.807) is 23.1 Å². The highest BCUT2D eigenvalue weighted by Crippen LogP contribution is 2.29. The van der Waals surface area contributed by atoms with E-state index in [2.05, 4.69) is 10.4 Å². The van der Waals surface area contributed by atoms with E-state index in [1.165, 1.54) is 31.6 Å². The molecule has 2 aromatic heterocycles. The number of carbonyl (C=O) groups excluding carboxylic acids is 1. The van der Waals surface area contributed by atoms with Gasteiger partial charge < -0.3 is 14.5 Å². The van der Waals surface area contributed by atoms with Crippen molar-refractivity contribution in [1.29, 1.82) is 0 Å². The molecule has 4 rings (SSSR count). The van der Waals surface area contributed by atoms with Gasteiger partial charge in [-0.05, 0) is 30.3 Å². The van der Waals surface area contributed by atoms with E-state index in [0.29, 0.717) is 11.5 Å². The van der Waals surface area contributed by atoms with Crippen LogP contribution in [0.2, 0.25) is 0 Å². The third-order valence-electron chi connectivity index (χ3n) is 4.41. The number of methoxy groups -OCH3 is 1. The number of ether oxygens (including phenoxy) is 1. The second-order valence-electron chi connectivity index (χ2n) is 6.27. The fourth-order valence-electron chi connectivity index (χ4n) is 2.95. The first-order valence-electron chi connectivity index (χ1n) is 8.88. The Morgan fingerprint density at radius 2 is 1.97 bits per heavy atom. The lowest BCUT2D eigenvalue weighted by Crippen LogP contribution is -2.15. The van der Waals surface area contributed by atoms with E-state index < -0.39 is 10.8 Å². The molecule has 9 nitrogen and oxygen atoms in total. The highest BCUT2D eigenvalue weighted by molar-refractivity contribution is 6.04. The van der Waals surface area contributed by atoms with Crippen molar-refractivity contribution in [2.24, 2.45) is 0 Å². The minimum absolute atomic E-state index is 0.0770. The molecule has 2 heterocycles. The lowest BCUT2D eigenvalue weighted by Gasteiger charge is -2.09. The van der Waals surface area contributed by atoms with Crippen LogP contribution >= 0.6 is 0 Å². The molecule has 1 amide bonds. The summed E-state index contributed by atoms with van der Waals surface area (Å²) in [6, 6.07) is 16.8. The van der Waals surface area contributed by atoms with Gasteiger partial charge >= 0.3 is 5.69 Å². The number of amides is 1. The van der Waals surface area contributed by atoms with Crippen LogP contribution in [-0.2, 0) is 0 Å². The van der Waals surface area contributed by atoms with E-state index in [9.17, 15) is 14.9 Å². The third kappa shape index (κ3) is 3.63. The Morgan fingerprint density at radius 1 is 1.17 bits per heavy atom. The van der Waals surface area contributed by atoms with Crippen molar-refractivity contribution >= 4 is 17.4 Å². The topological polar surface area (TPSA) is 112 Å². The van der Waals surface area contributed by atoms with Crippen molar-refractivity contribution in [3.8, 4) is 22.7 Å². The number of nitrogens with one attached hydrogen (secondary N) is 1. The van der Waals surface area contributed by atoms with Gasteiger partial charge in [0.25, 0.3) is 5.91 Å². The number of furan rings is 1. The molecule has 4 aromatic rings. The molecule has 0 atom stereocenters. The largest absolute Gasteiger partial charge is 0.490 e. The first-order chi connectivity index (χ1) is 14.6. The fraction of sp³-hybridized carbons (Fsp3) is 0.0476. The minimum Gasteiger partial charge on any atom is -0.490 e. The lowest BCUT2D eigenvalue weighted by molar-refractivity contribution is -0.385. The Hall–Kier alpha value is -4.40. The highest BCUT2D eigenvalue weighted by atomic mass is 16.6. The molecule has 9 heteroatoms. The van der Waals surface area contributed by atoms with Gasteiger partial charge in [0.1, 0.15) is 5.82 Å². The van der Waals surface area contributed by atoms with Gasteiger partial charge in [-0.3, -0.25) is 14.9 Å². The van der Waals surface area contributed by atoms with Gasteiger partial charge in [-0.1, -0.05) is 18.2 Å². The average Bonchev–Trinajstić information content (AvgIpc) is 3.44.